The second-order valence-electron chi connectivity index (χ2n) is 4.69. The number of hydrogen-bond acceptors (Lipinski definition) is 5. The number of hydrogen-bond donors (Lipinski definition) is 0. The zero-order valence-corrected chi connectivity index (χ0v) is 14.3. The van der Waals surface area contributed by atoms with E-state index in [0.29, 0.717) is 32.5 Å². The maximum Gasteiger partial charge on any atom is 0.343 e. The standard InChI is InChI=1S/C16H10BrClN2O3/c1-9-19-15(23-20-9)10-2-4-11(5-3-10)16(21)22-14-7-6-12(18)8-13(14)17/h2-8H,1H3. The lowest BCUT2D eigenvalue weighted by molar-refractivity contribution is 0.0733. The van der Waals surface area contributed by atoms with E-state index in [1.165, 1.54) is 0 Å². The average Bonchev–Trinajstić information content (AvgIpc) is 2.97. The molecule has 0 N–H and O–H groups in total. The third kappa shape index (κ3) is 3.60. The molecule has 0 saturated carbocycles. The summed E-state index contributed by atoms with van der Waals surface area (Å²) in [5.74, 6) is 0.885. The van der Waals surface area contributed by atoms with Crippen LogP contribution in [0.2, 0.25) is 5.02 Å². The first-order chi connectivity index (χ1) is 11.0. The van der Waals surface area contributed by atoms with Crippen LogP contribution in [0.15, 0.2) is 51.5 Å². The molecule has 3 aromatic rings. The third-order valence-electron chi connectivity index (χ3n) is 2.99. The van der Waals surface area contributed by atoms with E-state index < -0.39 is 5.97 Å². The van der Waals surface area contributed by atoms with Crippen LogP contribution >= 0.6 is 27.5 Å². The summed E-state index contributed by atoms with van der Waals surface area (Å²) >= 11 is 9.16. The molecule has 2 aromatic carbocycles. The maximum atomic E-state index is 12.2. The summed E-state index contributed by atoms with van der Waals surface area (Å²) in [4.78, 5) is 16.3. The number of benzene rings is 2. The molecule has 0 radical (unpaired) electrons. The normalized spacial score (nSPS) is 10.6. The largest absolute Gasteiger partial charge is 0.422 e. The fraction of sp³-hybridized carbons (Fsp3) is 0.0625. The van der Waals surface area contributed by atoms with Gasteiger partial charge in [0.2, 0.25) is 0 Å². The highest BCUT2D eigenvalue weighted by molar-refractivity contribution is 9.10. The number of halogens is 2. The molecule has 0 fully saturated rings. The van der Waals surface area contributed by atoms with Crippen LogP contribution in [0.1, 0.15) is 16.2 Å². The van der Waals surface area contributed by atoms with Crippen molar-refractivity contribution in [2.24, 2.45) is 0 Å². The Labute approximate surface area is 145 Å². The number of aromatic nitrogens is 2. The Kier molecular flexibility index (Phi) is 4.45. The van der Waals surface area contributed by atoms with Crippen molar-refractivity contribution in [1.29, 1.82) is 0 Å². The van der Waals surface area contributed by atoms with Crippen molar-refractivity contribution in [3.63, 3.8) is 0 Å². The van der Waals surface area contributed by atoms with E-state index in [4.69, 9.17) is 20.9 Å². The van der Waals surface area contributed by atoms with Gasteiger partial charge in [-0.05, 0) is 65.3 Å². The van der Waals surface area contributed by atoms with Gasteiger partial charge >= 0.3 is 5.97 Å². The van der Waals surface area contributed by atoms with Crippen LogP contribution in [0.5, 0.6) is 5.75 Å². The van der Waals surface area contributed by atoms with Gasteiger partial charge in [-0.15, -0.1) is 0 Å². The molecule has 0 amide bonds. The van der Waals surface area contributed by atoms with E-state index in [9.17, 15) is 4.79 Å². The summed E-state index contributed by atoms with van der Waals surface area (Å²) in [5.41, 5.74) is 1.14. The van der Waals surface area contributed by atoms with Crippen molar-refractivity contribution < 1.29 is 14.1 Å². The van der Waals surface area contributed by atoms with Gasteiger partial charge in [0.05, 0.1) is 10.0 Å². The smallest absolute Gasteiger partial charge is 0.343 e. The summed E-state index contributed by atoms with van der Waals surface area (Å²) < 4.78 is 11.0. The fourth-order valence-electron chi connectivity index (χ4n) is 1.88. The molecule has 0 bridgehead atoms. The number of aryl methyl sites for hydroxylation is 1. The molecule has 0 spiro atoms. The number of ether oxygens (including phenoxy) is 1. The van der Waals surface area contributed by atoms with E-state index in [-0.39, 0.29) is 0 Å². The fourth-order valence-corrected chi connectivity index (χ4v) is 2.64. The molecule has 0 atom stereocenters. The molecule has 0 aliphatic carbocycles. The molecule has 5 nitrogen and oxygen atoms in total. The van der Waals surface area contributed by atoms with Crippen LogP contribution in [0, 0.1) is 6.92 Å². The van der Waals surface area contributed by atoms with Crippen molar-refractivity contribution in [3.8, 4) is 17.2 Å². The first-order valence-electron chi connectivity index (χ1n) is 6.61. The van der Waals surface area contributed by atoms with E-state index in [1.54, 1.807) is 49.4 Å². The van der Waals surface area contributed by atoms with Gasteiger partial charge in [-0.2, -0.15) is 4.98 Å². The number of nitrogens with zero attached hydrogens (tertiary/aromatic N) is 2. The van der Waals surface area contributed by atoms with Crippen LogP contribution in [-0.2, 0) is 0 Å². The third-order valence-corrected chi connectivity index (χ3v) is 3.85. The first kappa shape index (κ1) is 15.7. The molecule has 0 aliphatic rings. The topological polar surface area (TPSA) is 65.2 Å². The number of esters is 1. The Bertz CT molecular complexity index is 862. The van der Waals surface area contributed by atoms with E-state index in [2.05, 4.69) is 26.1 Å². The van der Waals surface area contributed by atoms with Gasteiger partial charge in [0.25, 0.3) is 5.89 Å². The Morgan fingerprint density at radius 3 is 2.57 bits per heavy atom. The quantitative estimate of drug-likeness (QED) is 0.477. The Morgan fingerprint density at radius 2 is 1.96 bits per heavy atom. The van der Waals surface area contributed by atoms with E-state index in [0.717, 1.165) is 5.56 Å². The summed E-state index contributed by atoms with van der Waals surface area (Å²) in [6.07, 6.45) is 0. The van der Waals surface area contributed by atoms with Crippen molar-refractivity contribution in [1.82, 2.24) is 10.1 Å². The summed E-state index contributed by atoms with van der Waals surface area (Å²) in [6.45, 7) is 1.74. The Balaban J connectivity index is 1.77. The van der Waals surface area contributed by atoms with Crippen molar-refractivity contribution in [2.75, 3.05) is 0 Å². The highest BCUT2D eigenvalue weighted by Gasteiger charge is 2.13. The van der Waals surface area contributed by atoms with E-state index >= 15 is 0 Å². The summed E-state index contributed by atoms with van der Waals surface area (Å²) in [6, 6.07) is 11.7. The number of carbonyl (C=O) groups is 1. The van der Waals surface area contributed by atoms with Crippen LogP contribution < -0.4 is 4.74 Å². The molecule has 0 saturated heterocycles. The predicted octanol–water partition coefficient (Wildman–Crippen LogP) is 4.68. The van der Waals surface area contributed by atoms with Gasteiger partial charge in [0.15, 0.2) is 5.82 Å². The minimum Gasteiger partial charge on any atom is -0.422 e. The number of carbonyl (C=O) groups excluding carboxylic acids is 1. The molecule has 7 heteroatoms. The van der Waals surface area contributed by atoms with Gasteiger partial charge in [-0.1, -0.05) is 16.8 Å². The lowest BCUT2D eigenvalue weighted by atomic mass is 10.1. The molecule has 1 aromatic heterocycles. The Morgan fingerprint density at radius 1 is 1.22 bits per heavy atom. The average molecular weight is 394 g/mol. The second kappa shape index (κ2) is 6.52. The van der Waals surface area contributed by atoms with Gasteiger partial charge < -0.3 is 9.26 Å². The second-order valence-corrected chi connectivity index (χ2v) is 5.98. The lowest BCUT2D eigenvalue weighted by Gasteiger charge is -2.07. The summed E-state index contributed by atoms with van der Waals surface area (Å²) in [7, 11) is 0. The molecule has 0 aliphatic heterocycles. The molecule has 0 unspecified atom stereocenters. The molecular weight excluding hydrogens is 384 g/mol. The molecule has 1 heterocycles. The predicted molar refractivity (Wildman–Crippen MR) is 88.6 cm³/mol. The molecule has 23 heavy (non-hydrogen) atoms. The van der Waals surface area contributed by atoms with Crippen molar-refractivity contribution >= 4 is 33.5 Å². The monoisotopic (exact) mass is 392 g/mol. The summed E-state index contributed by atoms with van der Waals surface area (Å²) in [5, 5.41) is 4.28. The lowest BCUT2D eigenvalue weighted by Crippen LogP contribution is -2.08. The van der Waals surface area contributed by atoms with Crippen molar-refractivity contribution in [3.05, 3.63) is 63.3 Å². The van der Waals surface area contributed by atoms with Crippen LogP contribution in [0.3, 0.4) is 0 Å². The minimum atomic E-state index is -0.471. The SMILES string of the molecule is Cc1noc(-c2ccc(C(=O)Oc3ccc(Cl)cc3Br)cc2)n1. The molecular formula is C16H10BrClN2O3. The van der Waals surface area contributed by atoms with Gasteiger partial charge in [0.1, 0.15) is 5.75 Å². The highest BCUT2D eigenvalue weighted by Crippen LogP contribution is 2.28. The minimum absolute atomic E-state index is 0.399. The van der Waals surface area contributed by atoms with Gasteiger partial charge in [0, 0.05) is 10.6 Å². The van der Waals surface area contributed by atoms with Crippen molar-refractivity contribution in [2.45, 2.75) is 6.92 Å². The van der Waals surface area contributed by atoms with Crippen LogP contribution in [0.4, 0.5) is 0 Å². The molecule has 116 valence electrons. The zero-order valence-electron chi connectivity index (χ0n) is 11.9. The Hall–Kier alpha value is -2.18. The van der Waals surface area contributed by atoms with Crippen LogP contribution in [-0.4, -0.2) is 16.1 Å². The van der Waals surface area contributed by atoms with Crippen LogP contribution in [0.25, 0.3) is 11.5 Å². The maximum absolute atomic E-state index is 12.2. The zero-order chi connectivity index (χ0) is 16.4. The van der Waals surface area contributed by atoms with Gasteiger partial charge in [-0.3, -0.25) is 0 Å². The first-order valence-corrected chi connectivity index (χ1v) is 7.78. The van der Waals surface area contributed by atoms with Gasteiger partial charge in [-0.25, -0.2) is 4.79 Å². The molecule has 3 rings (SSSR count). The highest BCUT2D eigenvalue weighted by atomic mass is 79.9. The van der Waals surface area contributed by atoms with E-state index in [1.807, 2.05) is 0 Å². The number of rotatable bonds is 3.